The molecular formula is C14H13F2N3. The summed E-state index contributed by atoms with van der Waals surface area (Å²) >= 11 is 0. The Morgan fingerprint density at radius 1 is 1.11 bits per heavy atom. The van der Waals surface area contributed by atoms with Gasteiger partial charge in [0.1, 0.15) is 5.82 Å². The van der Waals surface area contributed by atoms with E-state index in [2.05, 4.69) is 27.4 Å². The number of anilines is 1. The van der Waals surface area contributed by atoms with Crippen LogP contribution in [0.3, 0.4) is 0 Å². The number of nitrogens with zero attached hydrogens (tertiary/aromatic N) is 2. The lowest BCUT2D eigenvalue weighted by molar-refractivity contribution is 0.141. The predicted octanol–water partition coefficient (Wildman–Crippen LogP) is 3.70. The molecule has 0 radical (unpaired) electrons. The van der Waals surface area contributed by atoms with Crippen molar-refractivity contribution in [3.63, 3.8) is 0 Å². The largest absolute Gasteiger partial charge is 0.366 e. The lowest BCUT2D eigenvalue weighted by Crippen LogP contribution is -2.17. The van der Waals surface area contributed by atoms with Gasteiger partial charge in [-0.25, -0.2) is 18.7 Å². The van der Waals surface area contributed by atoms with Crippen molar-refractivity contribution in [2.75, 3.05) is 5.32 Å². The molecule has 0 saturated heterocycles. The van der Waals surface area contributed by atoms with Crippen molar-refractivity contribution >= 4 is 16.7 Å². The molecule has 0 bridgehead atoms. The topological polar surface area (TPSA) is 37.8 Å². The third-order valence-corrected chi connectivity index (χ3v) is 3.16. The third-order valence-electron chi connectivity index (χ3n) is 3.16. The van der Waals surface area contributed by atoms with Crippen LogP contribution in [0.4, 0.5) is 14.6 Å². The van der Waals surface area contributed by atoms with E-state index in [9.17, 15) is 8.78 Å². The SMILES string of the molecule is FC(F)c1nc(NC2CC=CC2)c2ccccc2n1. The van der Waals surface area contributed by atoms with Gasteiger partial charge in [0.2, 0.25) is 0 Å². The van der Waals surface area contributed by atoms with Crippen LogP contribution < -0.4 is 5.32 Å². The van der Waals surface area contributed by atoms with Gasteiger partial charge in [-0.3, -0.25) is 0 Å². The first-order valence-electron chi connectivity index (χ1n) is 6.20. The minimum absolute atomic E-state index is 0.226. The van der Waals surface area contributed by atoms with Crippen molar-refractivity contribution in [1.29, 1.82) is 0 Å². The van der Waals surface area contributed by atoms with Gasteiger partial charge in [-0.2, -0.15) is 0 Å². The van der Waals surface area contributed by atoms with E-state index in [-0.39, 0.29) is 6.04 Å². The highest BCUT2D eigenvalue weighted by Gasteiger charge is 2.17. The maximum Gasteiger partial charge on any atom is 0.297 e. The molecule has 1 heterocycles. The first-order chi connectivity index (χ1) is 9.24. The fraction of sp³-hybridized carbons (Fsp3) is 0.286. The first kappa shape index (κ1) is 12.0. The fourth-order valence-corrected chi connectivity index (χ4v) is 2.23. The van der Waals surface area contributed by atoms with E-state index in [1.807, 2.05) is 12.1 Å². The number of benzene rings is 1. The second-order valence-electron chi connectivity index (χ2n) is 4.53. The quantitative estimate of drug-likeness (QED) is 0.856. The van der Waals surface area contributed by atoms with Crippen molar-refractivity contribution < 1.29 is 8.78 Å². The van der Waals surface area contributed by atoms with Crippen LogP contribution in [0.1, 0.15) is 25.1 Å². The van der Waals surface area contributed by atoms with E-state index in [4.69, 9.17) is 0 Å². The average Bonchev–Trinajstić information content (AvgIpc) is 2.91. The zero-order valence-corrected chi connectivity index (χ0v) is 10.2. The summed E-state index contributed by atoms with van der Waals surface area (Å²) in [6.45, 7) is 0. The summed E-state index contributed by atoms with van der Waals surface area (Å²) in [5, 5.41) is 4.01. The molecule has 3 rings (SSSR count). The van der Waals surface area contributed by atoms with Gasteiger partial charge in [0, 0.05) is 11.4 Å². The van der Waals surface area contributed by atoms with Gasteiger partial charge >= 0.3 is 0 Å². The van der Waals surface area contributed by atoms with Crippen molar-refractivity contribution in [3.05, 3.63) is 42.2 Å². The highest BCUT2D eigenvalue weighted by molar-refractivity contribution is 5.89. The molecule has 0 spiro atoms. The molecule has 3 nitrogen and oxygen atoms in total. The molecule has 1 aliphatic rings. The molecule has 0 fully saturated rings. The molecule has 1 aromatic carbocycles. The van der Waals surface area contributed by atoms with Crippen LogP contribution in [0.2, 0.25) is 0 Å². The molecular weight excluding hydrogens is 248 g/mol. The molecule has 0 saturated carbocycles. The van der Waals surface area contributed by atoms with Crippen LogP contribution in [0.15, 0.2) is 36.4 Å². The molecule has 0 aliphatic heterocycles. The van der Waals surface area contributed by atoms with Crippen molar-refractivity contribution in [1.82, 2.24) is 9.97 Å². The summed E-state index contributed by atoms with van der Waals surface area (Å²) in [5.74, 6) is 0.0711. The highest BCUT2D eigenvalue weighted by Crippen LogP contribution is 2.26. The van der Waals surface area contributed by atoms with Gasteiger partial charge in [-0.15, -0.1) is 0 Å². The Hall–Kier alpha value is -2.04. The zero-order chi connectivity index (χ0) is 13.2. The minimum atomic E-state index is -2.66. The molecule has 98 valence electrons. The van der Waals surface area contributed by atoms with Gasteiger partial charge in [0.15, 0.2) is 5.82 Å². The molecule has 19 heavy (non-hydrogen) atoms. The maximum absolute atomic E-state index is 12.8. The van der Waals surface area contributed by atoms with Crippen molar-refractivity contribution in [3.8, 4) is 0 Å². The second-order valence-corrected chi connectivity index (χ2v) is 4.53. The molecule has 0 amide bonds. The van der Waals surface area contributed by atoms with Crippen LogP contribution in [0.25, 0.3) is 10.9 Å². The highest BCUT2D eigenvalue weighted by atomic mass is 19.3. The fourth-order valence-electron chi connectivity index (χ4n) is 2.23. The Balaban J connectivity index is 2.04. The van der Waals surface area contributed by atoms with E-state index < -0.39 is 12.2 Å². The molecule has 0 unspecified atom stereocenters. The molecule has 1 aliphatic carbocycles. The van der Waals surface area contributed by atoms with Crippen LogP contribution in [0.5, 0.6) is 0 Å². The van der Waals surface area contributed by atoms with Crippen molar-refractivity contribution in [2.24, 2.45) is 0 Å². The van der Waals surface area contributed by atoms with Crippen LogP contribution in [-0.4, -0.2) is 16.0 Å². The number of hydrogen-bond acceptors (Lipinski definition) is 3. The summed E-state index contributed by atoms with van der Waals surface area (Å²) in [6.07, 6.45) is 3.28. The molecule has 1 aromatic heterocycles. The lowest BCUT2D eigenvalue weighted by atomic mass is 10.2. The van der Waals surface area contributed by atoms with E-state index in [0.29, 0.717) is 11.3 Å². The number of alkyl halides is 2. The van der Waals surface area contributed by atoms with E-state index in [0.717, 1.165) is 18.2 Å². The molecule has 5 heteroatoms. The molecule has 1 N–H and O–H groups in total. The van der Waals surface area contributed by atoms with Crippen molar-refractivity contribution in [2.45, 2.75) is 25.3 Å². The summed E-state index contributed by atoms with van der Waals surface area (Å²) in [7, 11) is 0. The second kappa shape index (κ2) is 4.91. The van der Waals surface area contributed by atoms with Gasteiger partial charge in [-0.1, -0.05) is 24.3 Å². The number of fused-ring (bicyclic) bond motifs is 1. The molecule has 2 aromatic rings. The van der Waals surface area contributed by atoms with Crippen LogP contribution in [-0.2, 0) is 0 Å². The predicted molar refractivity (Wildman–Crippen MR) is 70.3 cm³/mol. The Kier molecular flexibility index (Phi) is 3.11. The van der Waals surface area contributed by atoms with Crippen LogP contribution >= 0.6 is 0 Å². The molecule has 0 atom stereocenters. The summed E-state index contributed by atoms with van der Waals surface area (Å²) in [5.41, 5.74) is 0.543. The van der Waals surface area contributed by atoms with E-state index >= 15 is 0 Å². The van der Waals surface area contributed by atoms with Gasteiger partial charge in [-0.05, 0) is 25.0 Å². The Morgan fingerprint density at radius 3 is 2.58 bits per heavy atom. The summed E-state index contributed by atoms with van der Waals surface area (Å²) in [6, 6.07) is 7.43. The summed E-state index contributed by atoms with van der Waals surface area (Å²) in [4.78, 5) is 7.86. The smallest absolute Gasteiger partial charge is 0.297 e. The van der Waals surface area contributed by atoms with Gasteiger partial charge in [0.05, 0.1) is 5.52 Å². The Morgan fingerprint density at radius 2 is 1.84 bits per heavy atom. The number of halogens is 2. The van der Waals surface area contributed by atoms with Gasteiger partial charge < -0.3 is 5.32 Å². The number of nitrogens with one attached hydrogen (secondary N) is 1. The Bertz CT molecular complexity index is 617. The standard InChI is InChI=1S/C14H13F2N3/c15-12(16)14-18-11-8-4-3-7-10(11)13(19-14)17-9-5-1-2-6-9/h1-4,7-9,12H,5-6H2,(H,17,18,19). The number of hydrogen-bond donors (Lipinski definition) is 1. The van der Waals surface area contributed by atoms with Crippen LogP contribution in [0, 0.1) is 0 Å². The average molecular weight is 261 g/mol. The van der Waals surface area contributed by atoms with E-state index in [1.54, 1.807) is 12.1 Å². The Labute approximate surface area is 109 Å². The number of para-hydroxylation sites is 1. The minimum Gasteiger partial charge on any atom is -0.366 e. The van der Waals surface area contributed by atoms with E-state index in [1.165, 1.54) is 0 Å². The third kappa shape index (κ3) is 2.41. The van der Waals surface area contributed by atoms with Gasteiger partial charge in [0.25, 0.3) is 6.43 Å². The monoisotopic (exact) mass is 261 g/mol. The zero-order valence-electron chi connectivity index (χ0n) is 10.2. The maximum atomic E-state index is 12.8. The lowest BCUT2D eigenvalue weighted by Gasteiger charge is -2.15. The number of rotatable bonds is 3. The summed E-state index contributed by atoms with van der Waals surface area (Å²) < 4.78 is 25.6. The number of aromatic nitrogens is 2. The first-order valence-corrected chi connectivity index (χ1v) is 6.20. The normalized spacial score (nSPS) is 15.5.